The fourth-order valence-corrected chi connectivity index (χ4v) is 4.87. The molecule has 0 amide bonds. The number of nitrogen functional groups attached to an aromatic ring is 1. The summed E-state index contributed by atoms with van der Waals surface area (Å²) in [6.07, 6.45) is 4.07. The molecule has 5 rings (SSSR count). The van der Waals surface area contributed by atoms with Gasteiger partial charge in [0.2, 0.25) is 0 Å². The second kappa shape index (κ2) is 9.04. The molecule has 1 aliphatic heterocycles. The summed E-state index contributed by atoms with van der Waals surface area (Å²) < 4.78 is 13.7. The number of H-pyrrole nitrogens is 1. The standard InChI is InChI=1S/C25H26ClN5O3/c1-30-10-4-6-17(13-30)31-14-19(22-23(31)25(32)29-28-24(22)27)15-8-9-20(21(11-15)33-2)34-18-7-3-5-16(26)12-18/h3,5,7-9,11-12,14,17H,4,6,10,13H2,1-2H3,(H2,27,28)(H,29,32). The lowest BCUT2D eigenvalue weighted by Crippen LogP contribution is -2.34. The maximum absolute atomic E-state index is 12.9. The lowest BCUT2D eigenvalue weighted by atomic mass is 10.0. The van der Waals surface area contributed by atoms with Crippen LogP contribution in [0.5, 0.6) is 17.2 Å². The van der Waals surface area contributed by atoms with Crippen LogP contribution in [0.3, 0.4) is 0 Å². The van der Waals surface area contributed by atoms with E-state index in [1.54, 1.807) is 19.2 Å². The van der Waals surface area contributed by atoms with Crippen LogP contribution in [0.4, 0.5) is 5.82 Å². The van der Waals surface area contributed by atoms with Crippen LogP contribution < -0.4 is 20.8 Å². The topological polar surface area (TPSA) is 98.4 Å². The first-order valence-electron chi connectivity index (χ1n) is 11.1. The van der Waals surface area contributed by atoms with Crippen LogP contribution in [0.2, 0.25) is 5.02 Å². The molecule has 1 fully saturated rings. The zero-order valence-electron chi connectivity index (χ0n) is 19.0. The molecule has 9 heteroatoms. The van der Waals surface area contributed by atoms with Crippen LogP contribution in [-0.4, -0.2) is 46.9 Å². The van der Waals surface area contributed by atoms with Gasteiger partial charge in [0.25, 0.3) is 5.56 Å². The van der Waals surface area contributed by atoms with Gasteiger partial charge in [-0.2, -0.15) is 5.10 Å². The second-order valence-electron chi connectivity index (χ2n) is 8.59. The van der Waals surface area contributed by atoms with Gasteiger partial charge in [0.15, 0.2) is 17.3 Å². The molecule has 2 aromatic carbocycles. The Hall–Kier alpha value is -3.49. The van der Waals surface area contributed by atoms with Gasteiger partial charge in [-0.25, -0.2) is 5.10 Å². The predicted molar refractivity (Wildman–Crippen MR) is 134 cm³/mol. The van der Waals surface area contributed by atoms with Crippen LogP contribution in [0, 0.1) is 0 Å². The minimum atomic E-state index is -0.253. The number of aromatic amines is 1. The van der Waals surface area contributed by atoms with Gasteiger partial charge in [0, 0.05) is 29.4 Å². The molecule has 34 heavy (non-hydrogen) atoms. The molecule has 0 saturated carbocycles. The number of likely N-dealkylation sites (tertiary alicyclic amines) is 1. The van der Waals surface area contributed by atoms with Gasteiger partial charge in [-0.15, -0.1) is 0 Å². The van der Waals surface area contributed by atoms with Crippen molar-refractivity contribution in [2.75, 3.05) is 33.0 Å². The minimum Gasteiger partial charge on any atom is -0.493 e. The van der Waals surface area contributed by atoms with E-state index in [0.717, 1.165) is 37.1 Å². The number of ether oxygens (including phenoxy) is 2. The molecular weight excluding hydrogens is 454 g/mol. The monoisotopic (exact) mass is 479 g/mol. The zero-order valence-corrected chi connectivity index (χ0v) is 19.8. The normalized spacial score (nSPS) is 16.6. The molecular formula is C25H26ClN5O3. The molecule has 1 aliphatic rings. The first-order valence-corrected chi connectivity index (χ1v) is 11.5. The fraction of sp³-hybridized carbons (Fsp3) is 0.280. The average Bonchev–Trinajstić information content (AvgIpc) is 3.24. The van der Waals surface area contributed by atoms with Gasteiger partial charge < -0.3 is 24.7 Å². The van der Waals surface area contributed by atoms with E-state index in [1.807, 2.05) is 36.5 Å². The van der Waals surface area contributed by atoms with Crippen molar-refractivity contribution >= 4 is 28.3 Å². The van der Waals surface area contributed by atoms with Crippen molar-refractivity contribution in [2.45, 2.75) is 18.9 Å². The SMILES string of the molecule is COc1cc(-c2cn(C3CCCN(C)C3)c3c(=O)[nH]nc(N)c23)ccc1Oc1cccc(Cl)c1. The van der Waals surface area contributed by atoms with E-state index in [1.165, 1.54) is 0 Å². The van der Waals surface area contributed by atoms with Gasteiger partial charge in [0.1, 0.15) is 11.3 Å². The van der Waals surface area contributed by atoms with E-state index < -0.39 is 0 Å². The lowest BCUT2D eigenvalue weighted by molar-refractivity contribution is 0.215. The number of fused-ring (bicyclic) bond motifs is 1. The van der Waals surface area contributed by atoms with Gasteiger partial charge >= 0.3 is 0 Å². The Morgan fingerprint density at radius 1 is 1.21 bits per heavy atom. The highest BCUT2D eigenvalue weighted by Gasteiger charge is 2.25. The van der Waals surface area contributed by atoms with Crippen LogP contribution in [-0.2, 0) is 0 Å². The highest BCUT2D eigenvalue weighted by atomic mass is 35.5. The number of aromatic nitrogens is 3. The molecule has 0 aliphatic carbocycles. The Balaban J connectivity index is 1.61. The number of nitrogens with one attached hydrogen (secondary N) is 1. The Morgan fingerprint density at radius 2 is 2.06 bits per heavy atom. The number of hydrogen-bond donors (Lipinski definition) is 2. The molecule has 8 nitrogen and oxygen atoms in total. The maximum atomic E-state index is 12.9. The Labute approximate surface area is 201 Å². The number of nitrogens with zero attached hydrogens (tertiary/aromatic N) is 3. The molecule has 3 heterocycles. The number of rotatable bonds is 5. The van der Waals surface area contributed by atoms with Gasteiger partial charge in [0.05, 0.1) is 12.5 Å². The number of halogens is 1. The summed E-state index contributed by atoms with van der Waals surface area (Å²) in [6.45, 7) is 1.91. The Morgan fingerprint density at radius 3 is 2.82 bits per heavy atom. The minimum absolute atomic E-state index is 0.172. The van der Waals surface area contributed by atoms with E-state index in [9.17, 15) is 4.79 Å². The number of nitrogens with two attached hydrogens (primary N) is 1. The summed E-state index contributed by atoms with van der Waals surface area (Å²) in [7, 11) is 3.69. The van der Waals surface area contributed by atoms with Gasteiger partial charge in [-0.05, 0) is 62.3 Å². The van der Waals surface area contributed by atoms with E-state index in [2.05, 4.69) is 26.7 Å². The number of methoxy groups -OCH3 is 1. The molecule has 4 aromatic rings. The molecule has 0 spiro atoms. The second-order valence-corrected chi connectivity index (χ2v) is 9.03. The molecule has 0 bridgehead atoms. The summed E-state index contributed by atoms with van der Waals surface area (Å²) in [4.78, 5) is 15.1. The molecule has 2 aromatic heterocycles. The smallest absolute Gasteiger partial charge is 0.288 e. The lowest BCUT2D eigenvalue weighted by Gasteiger charge is -2.31. The Bertz CT molecular complexity index is 1410. The van der Waals surface area contributed by atoms with Crippen molar-refractivity contribution in [3.05, 3.63) is 64.0 Å². The third-order valence-electron chi connectivity index (χ3n) is 6.27. The van der Waals surface area contributed by atoms with E-state index in [-0.39, 0.29) is 17.4 Å². The number of piperidine rings is 1. The highest BCUT2D eigenvalue weighted by molar-refractivity contribution is 6.30. The van der Waals surface area contributed by atoms with Crippen LogP contribution in [0.15, 0.2) is 53.5 Å². The zero-order chi connectivity index (χ0) is 23.8. The van der Waals surface area contributed by atoms with Gasteiger partial charge in [-0.1, -0.05) is 23.7 Å². The highest BCUT2D eigenvalue weighted by Crippen LogP contribution is 2.40. The van der Waals surface area contributed by atoms with E-state index in [0.29, 0.717) is 33.2 Å². The average molecular weight is 480 g/mol. The fourth-order valence-electron chi connectivity index (χ4n) is 4.68. The first-order chi connectivity index (χ1) is 16.4. The van der Waals surface area contributed by atoms with Crippen molar-refractivity contribution in [1.29, 1.82) is 0 Å². The molecule has 1 atom stereocenters. The van der Waals surface area contributed by atoms with Crippen LogP contribution in [0.25, 0.3) is 22.0 Å². The molecule has 0 radical (unpaired) electrons. The van der Waals surface area contributed by atoms with Gasteiger partial charge in [-0.3, -0.25) is 4.79 Å². The number of likely N-dealkylation sites (N-methyl/N-ethyl adjacent to an activating group) is 1. The van der Waals surface area contributed by atoms with Crippen LogP contribution >= 0.6 is 11.6 Å². The van der Waals surface area contributed by atoms with Crippen LogP contribution in [0.1, 0.15) is 18.9 Å². The predicted octanol–water partition coefficient (Wildman–Crippen LogP) is 4.69. The third kappa shape index (κ3) is 4.10. The Kier molecular flexibility index (Phi) is 5.93. The largest absolute Gasteiger partial charge is 0.493 e. The molecule has 176 valence electrons. The number of benzene rings is 2. The van der Waals surface area contributed by atoms with E-state index in [4.69, 9.17) is 26.8 Å². The maximum Gasteiger partial charge on any atom is 0.288 e. The summed E-state index contributed by atoms with van der Waals surface area (Å²) in [5.41, 5.74) is 8.24. The first kappa shape index (κ1) is 22.3. The van der Waals surface area contributed by atoms with Crippen molar-refractivity contribution in [2.24, 2.45) is 0 Å². The molecule has 3 N–H and O–H groups in total. The quantitative estimate of drug-likeness (QED) is 0.430. The van der Waals surface area contributed by atoms with Crippen molar-refractivity contribution in [3.8, 4) is 28.4 Å². The summed E-state index contributed by atoms with van der Waals surface area (Å²) >= 11 is 6.09. The molecule has 1 saturated heterocycles. The van der Waals surface area contributed by atoms with Crippen molar-refractivity contribution in [3.63, 3.8) is 0 Å². The van der Waals surface area contributed by atoms with Crippen molar-refractivity contribution < 1.29 is 9.47 Å². The molecule has 1 unspecified atom stereocenters. The summed E-state index contributed by atoms with van der Waals surface area (Å²) in [6, 6.07) is 13.0. The summed E-state index contributed by atoms with van der Waals surface area (Å²) in [5.74, 6) is 1.99. The van der Waals surface area contributed by atoms with Crippen molar-refractivity contribution in [1.82, 2.24) is 19.7 Å². The number of hydrogen-bond acceptors (Lipinski definition) is 6. The number of anilines is 1. The third-order valence-corrected chi connectivity index (χ3v) is 6.51. The van der Waals surface area contributed by atoms with E-state index >= 15 is 0 Å². The summed E-state index contributed by atoms with van der Waals surface area (Å²) in [5, 5.41) is 7.81.